The first-order valence-electron chi connectivity index (χ1n) is 11.7. The van der Waals surface area contributed by atoms with Crippen molar-refractivity contribution in [2.45, 2.75) is 52.4 Å². The Balaban J connectivity index is 1.49. The minimum absolute atomic E-state index is 0.00458. The summed E-state index contributed by atoms with van der Waals surface area (Å²) >= 11 is 0. The molecule has 0 bridgehead atoms. The van der Waals surface area contributed by atoms with Gasteiger partial charge in [-0.15, -0.1) is 5.92 Å². The zero-order valence-corrected chi connectivity index (χ0v) is 19.6. The molecule has 5 nitrogen and oxygen atoms in total. The summed E-state index contributed by atoms with van der Waals surface area (Å²) < 4.78 is 0. The fourth-order valence-corrected chi connectivity index (χ4v) is 5.54. The summed E-state index contributed by atoms with van der Waals surface area (Å²) in [5, 5.41) is 0. The number of carbonyl (C=O) groups excluding carboxylic acids is 3. The lowest BCUT2D eigenvalue weighted by molar-refractivity contribution is -0.134. The van der Waals surface area contributed by atoms with Crippen molar-refractivity contribution in [3.05, 3.63) is 64.5 Å². The van der Waals surface area contributed by atoms with Crippen LogP contribution in [0.4, 0.5) is 0 Å². The molecule has 0 radical (unpaired) electrons. The number of nitrogens with zero attached hydrogens (tertiary/aromatic N) is 2. The van der Waals surface area contributed by atoms with E-state index >= 15 is 0 Å². The van der Waals surface area contributed by atoms with Gasteiger partial charge in [-0.1, -0.05) is 12.0 Å². The highest BCUT2D eigenvalue weighted by molar-refractivity contribution is 6.10. The first-order chi connectivity index (χ1) is 15.9. The Hall–Kier alpha value is -3.26. The summed E-state index contributed by atoms with van der Waals surface area (Å²) in [6.07, 6.45) is 4.22. The maximum absolute atomic E-state index is 13.3. The molecule has 1 saturated heterocycles. The second-order valence-corrected chi connectivity index (χ2v) is 9.30. The summed E-state index contributed by atoms with van der Waals surface area (Å²) in [7, 11) is 0. The average Bonchev–Trinajstić information content (AvgIpc) is 2.80. The highest BCUT2D eigenvalue weighted by atomic mass is 16.2. The second kappa shape index (κ2) is 9.70. The van der Waals surface area contributed by atoms with E-state index < -0.39 is 5.92 Å². The number of aromatic nitrogens is 1. The molecule has 4 rings (SSSR count). The summed E-state index contributed by atoms with van der Waals surface area (Å²) in [5.74, 6) is 5.37. The van der Waals surface area contributed by atoms with E-state index in [9.17, 15) is 14.4 Å². The molecule has 1 unspecified atom stereocenters. The molecule has 1 aliphatic carbocycles. The molecule has 33 heavy (non-hydrogen) atoms. The third-order valence-corrected chi connectivity index (χ3v) is 7.02. The number of Topliss-reactive ketones (excluding diaryl/α,β-unsaturated/α-hetero) is 2. The predicted octanol–water partition coefficient (Wildman–Crippen LogP) is 4.25. The minimum atomic E-state index is -0.681. The van der Waals surface area contributed by atoms with Gasteiger partial charge >= 0.3 is 0 Å². The number of amides is 1. The van der Waals surface area contributed by atoms with Gasteiger partial charge in [0.05, 0.1) is 0 Å². The van der Waals surface area contributed by atoms with E-state index in [1.165, 1.54) is 0 Å². The molecule has 0 spiro atoms. The smallest absolute Gasteiger partial charge is 0.272 e. The van der Waals surface area contributed by atoms with E-state index in [-0.39, 0.29) is 29.3 Å². The number of rotatable bonds is 3. The maximum atomic E-state index is 13.3. The van der Waals surface area contributed by atoms with Crippen LogP contribution >= 0.6 is 0 Å². The van der Waals surface area contributed by atoms with Crippen molar-refractivity contribution in [1.82, 2.24) is 9.88 Å². The summed E-state index contributed by atoms with van der Waals surface area (Å²) in [5.41, 5.74) is 4.09. The van der Waals surface area contributed by atoms with E-state index in [1.54, 1.807) is 25.3 Å². The quantitative estimate of drug-likeness (QED) is 0.526. The van der Waals surface area contributed by atoms with Crippen LogP contribution in [-0.4, -0.2) is 40.4 Å². The number of carbonyl (C=O) groups is 3. The standard InChI is InChI=1S/C28H30N2O3/c1-4-8-20-13-18(2)26(19(3)14-20)27-24(31)15-22(16-25(27)32)21-9-7-12-30(17-21)28(33)23-10-5-6-11-29-23/h5-6,10-11,13-14,21-22,27H,7,9,12,15-17H2,1-3H3. The Labute approximate surface area is 195 Å². The van der Waals surface area contributed by atoms with Crippen LogP contribution in [0.1, 0.15) is 71.3 Å². The SMILES string of the molecule is CC#Cc1cc(C)c(C2C(=O)CC(C3CCCN(C(=O)c4ccccn4)C3)CC2=O)c(C)c1. The lowest BCUT2D eigenvalue weighted by Crippen LogP contribution is -2.45. The van der Waals surface area contributed by atoms with Gasteiger partial charge in [0.25, 0.3) is 5.91 Å². The van der Waals surface area contributed by atoms with Gasteiger partial charge in [-0.3, -0.25) is 19.4 Å². The van der Waals surface area contributed by atoms with Crippen molar-refractivity contribution in [2.75, 3.05) is 13.1 Å². The second-order valence-electron chi connectivity index (χ2n) is 9.30. The van der Waals surface area contributed by atoms with Crippen molar-refractivity contribution in [2.24, 2.45) is 11.8 Å². The molecule has 2 fully saturated rings. The van der Waals surface area contributed by atoms with Gasteiger partial charge in [0.15, 0.2) is 0 Å². The third kappa shape index (κ3) is 4.75. The Bertz CT molecular complexity index is 1100. The largest absolute Gasteiger partial charge is 0.337 e. The first-order valence-corrected chi connectivity index (χ1v) is 11.7. The number of hydrogen-bond acceptors (Lipinski definition) is 4. The number of pyridine rings is 1. The Morgan fingerprint density at radius 2 is 1.76 bits per heavy atom. The lowest BCUT2D eigenvalue weighted by atomic mass is 9.69. The number of benzene rings is 1. The van der Waals surface area contributed by atoms with Gasteiger partial charge in [-0.2, -0.15) is 0 Å². The van der Waals surface area contributed by atoms with E-state index in [2.05, 4.69) is 16.8 Å². The summed E-state index contributed by atoms with van der Waals surface area (Å²) in [6, 6.07) is 9.26. The van der Waals surface area contributed by atoms with Gasteiger partial charge in [-0.05, 0) is 86.4 Å². The molecule has 1 atom stereocenters. The molecule has 1 amide bonds. The Morgan fingerprint density at radius 3 is 2.36 bits per heavy atom. The molecule has 170 valence electrons. The highest BCUT2D eigenvalue weighted by Crippen LogP contribution is 2.39. The normalized spacial score (nSPS) is 23.1. The third-order valence-electron chi connectivity index (χ3n) is 7.02. The summed E-state index contributed by atoms with van der Waals surface area (Å²) in [6.45, 7) is 6.97. The van der Waals surface area contributed by atoms with E-state index in [4.69, 9.17) is 0 Å². The number of aryl methyl sites for hydroxylation is 2. The Morgan fingerprint density at radius 1 is 1.06 bits per heavy atom. The number of hydrogen-bond donors (Lipinski definition) is 0. The molecule has 1 aromatic carbocycles. The molecule has 2 aromatic rings. The van der Waals surface area contributed by atoms with Gasteiger partial charge < -0.3 is 4.90 Å². The first kappa shape index (κ1) is 22.9. The number of ketones is 2. The van der Waals surface area contributed by atoms with Gasteiger partial charge in [0, 0.05) is 37.7 Å². The van der Waals surface area contributed by atoms with Crippen LogP contribution in [0.2, 0.25) is 0 Å². The minimum Gasteiger partial charge on any atom is -0.337 e. The number of piperidine rings is 1. The molecule has 1 aromatic heterocycles. The number of likely N-dealkylation sites (tertiary alicyclic amines) is 1. The Kier molecular flexibility index (Phi) is 6.74. The van der Waals surface area contributed by atoms with Crippen LogP contribution < -0.4 is 0 Å². The lowest BCUT2D eigenvalue weighted by Gasteiger charge is -2.39. The molecule has 5 heteroatoms. The van der Waals surface area contributed by atoms with Crippen molar-refractivity contribution in [3.8, 4) is 11.8 Å². The molecule has 1 aliphatic heterocycles. The van der Waals surface area contributed by atoms with Crippen LogP contribution in [0.25, 0.3) is 0 Å². The van der Waals surface area contributed by atoms with Gasteiger partial charge in [0.2, 0.25) is 0 Å². The monoisotopic (exact) mass is 442 g/mol. The molecular weight excluding hydrogens is 412 g/mol. The van der Waals surface area contributed by atoms with E-state index in [1.807, 2.05) is 36.9 Å². The van der Waals surface area contributed by atoms with Crippen molar-refractivity contribution < 1.29 is 14.4 Å². The topological polar surface area (TPSA) is 67.3 Å². The maximum Gasteiger partial charge on any atom is 0.272 e. The van der Waals surface area contributed by atoms with Crippen LogP contribution in [0.5, 0.6) is 0 Å². The average molecular weight is 443 g/mol. The molecule has 2 heterocycles. The fraction of sp³-hybridized carbons (Fsp3) is 0.429. The van der Waals surface area contributed by atoms with E-state index in [0.29, 0.717) is 31.6 Å². The zero-order valence-electron chi connectivity index (χ0n) is 19.6. The van der Waals surface area contributed by atoms with Crippen LogP contribution in [0.15, 0.2) is 36.5 Å². The van der Waals surface area contributed by atoms with Crippen LogP contribution in [0, 0.1) is 37.5 Å². The zero-order chi connectivity index (χ0) is 23.5. The molecular formula is C28H30N2O3. The molecule has 0 N–H and O–H groups in total. The van der Waals surface area contributed by atoms with Gasteiger partial charge in [-0.25, -0.2) is 0 Å². The van der Waals surface area contributed by atoms with Gasteiger partial charge in [0.1, 0.15) is 23.2 Å². The molecule has 1 saturated carbocycles. The van der Waals surface area contributed by atoms with Crippen molar-refractivity contribution in [1.29, 1.82) is 0 Å². The highest BCUT2D eigenvalue weighted by Gasteiger charge is 2.41. The van der Waals surface area contributed by atoms with Crippen molar-refractivity contribution in [3.63, 3.8) is 0 Å². The molecule has 2 aliphatic rings. The fourth-order valence-electron chi connectivity index (χ4n) is 5.54. The summed E-state index contributed by atoms with van der Waals surface area (Å²) in [4.78, 5) is 45.4. The van der Waals surface area contributed by atoms with Crippen molar-refractivity contribution >= 4 is 17.5 Å². The predicted molar refractivity (Wildman–Crippen MR) is 127 cm³/mol. The van der Waals surface area contributed by atoms with Crippen LogP contribution in [0.3, 0.4) is 0 Å². The van der Waals surface area contributed by atoms with E-state index in [0.717, 1.165) is 35.1 Å². The van der Waals surface area contributed by atoms with Crippen LogP contribution in [-0.2, 0) is 9.59 Å².